The van der Waals surface area contributed by atoms with Gasteiger partial charge in [0.25, 0.3) is 0 Å². The molecule has 1 aromatic carbocycles. The number of hydrogen-bond acceptors (Lipinski definition) is 6. The van der Waals surface area contributed by atoms with Crippen LogP contribution in [-0.2, 0) is 0 Å². The molecular weight excluding hydrogens is 284 g/mol. The molecule has 0 unspecified atom stereocenters. The fraction of sp³-hybridized carbons (Fsp3) is 0.200. The molecular formula is C15H16N4OS. The number of thiophene rings is 1. The van der Waals surface area contributed by atoms with Gasteiger partial charge in [0.05, 0.1) is 5.39 Å². The summed E-state index contributed by atoms with van der Waals surface area (Å²) in [5.41, 5.74) is 1.08. The van der Waals surface area contributed by atoms with Crippen LogP contribution >= 0.6 is 11.3 Å². The van der Waals surface area contributed by atoms with Gasteiger partial charge in [0.1, 0.15) is 10.6 Å². The third kappa shape index (κ3) is 2.75. The minimum atomic E-state index is 0.559. The largest absolute Gasteiger partial charge is 0.438 e. The van der Waals surface area contributed by atoms with E-state index in [1.54, 1.807) is 18.4 Å². The minimum absolute atomic E-state index is 0.559. The molecule has 2 aromatic heterocycles. The number of hydrogen-bond donors (Lipinski definition) is 1. The molecule has 0 aliphatic rings. The van der Waals surface area contributed by atoms with Gasteiger partial charge in [-0.25, -0.2) is 4.98 Å². The lowest BCUT2D eigenvalue weighted by Crippen LogP contribution is -2.08. The Labute approximate surface area is 127 Å². The molecule has 0 saturated heterocycles. The predicted molar refractivity (Wildman–Crippen MR) is 87.8 cm³/mol. The zero-order valence-corrected chi connectivity index (χ0v) is 12.9. The Balaban J connectivity index is 2.01. The number of fused-ring (bicyclic) bond motifs is 1. The second kappa shape index (κ2) is 5.57. The van der Waals surface area contributed by atoms with E-state index in [9.17, 15) is 0 Å². The van der Waals surface area contributed by atoms with Gasteiger partial charge in [0, 0.05) is 32.9 Å². The van der Waals surface area contributed by atoms with E-state index in [0.29, 0.717) is 11.8 Å². The summed E-state index contributed by atoms with van der Waals surface area (Å²) < 4.78 is 5.97. The van der Waals surface area contributed by atoms with Crippen LogP contribution in [0.3, 0.4) is 0 Å². The summed E-state index contributed by atoms with van der Waals surface area (Å²) in [7, 11) is 5.80. The van der Waals surface area contributed by atoms with Gasteiger partial charge in [-0.2, -0.15) is 4.98 Å². The molecule has 0 bridgehead atoms. The normalized spacial score (nSPS) is 10.6. The second-order valence-corrected chi connectivity index (χ2v) is 5.63. The van der Waals surface area contributed by atoms with Gasteiger partial charge in [-0.05, 0) is 23.6 Å². The minimum Gasteiger partial charge on any atom is -0.438 e. The molecule has 0 aliphatic carbocycles. The summed E-state index contributed by atoms with van der Waals surface area (Å²) in [5.74, 6) is 1.89. The number of nitrogens with zero attached hydrogens (tertiary/aromatic N) is 3. The molecule has 0 spiro atoms. The SMILES string of the molecule is CNc1nc(Oc2cccc(N(C)C)c2)c2ccsc2n1. The molecule has 108 valence electrons. The summed E-state index contributed by atoms with van der Waals surface area (Å²) in [6.07, 6.45) is 0. The van der Waals surface area contributed by atoms with Crippen molar-refractivity contribution in [2.75, 3.05) is 31.4 Å². The smallest absolute Gasteiger partial charge is 0.232 e. The lowest BCUT2D eigenvalue weighted by molar-refractivity contribution is 0.469. The summed E-state index contributed by atoms with van der Waals surface area (Å²) >= 11 is 1.57. The number of benzene rings is 1. The van der Waals surface area contributed by atoms with Crippen LogP contribution < -0.4 is 15.0 Å². The Morgan fingerprint density at radius 1 is 1.19 bits per heavy atom. The van der Waals surface area contributed by atoms with Crippen LogP contribution in [0.2, 0.25) is 0 Å². The molecule has 5 nitrogen and oxygen atoms in total. The van der Waals surface area contributed by atoms with Crippen LogP contribution in [-0.4, -0.2) is 31.1 Å². The average molecular weight is 300 g/mol. The molecule has 2 heterocycles. The van der Waals surface area contributed by atoms with Crippen LogP contribution in [0.5, 0.6) is 11.6 Å². The van der Waals surface area contributed by atoms with Gasteiger partial charge < -0.3 is 15.0 Å². The fourth-order valence-electron chi connectivity index (χ4n) is 1.95. The Morgan fingerprint density at radius 3 is 2.81 bits per heavy atom. The van der Waals surface area contributed by atoms with E-state index in [2.05, 4.69) is 15.3 Å². The summed E-state index contributed by atoms with van der Waals surface area (Å²) in [5, 5.41) is 5.87. The standard InChI is InChI=1S/C15H16N4OS/c1-16-15-17-13(12-7-8-21-14(12)18-15)20-11-6-4-5-10(9-11)19(2)3/h4-9H,1-3H3,(H,16,17,18). The number of nitrogens with one attached hydrogen (secondary N) is 1. The molecule has 0 amide bonds. The molecule has 0 atom stereocenters. The first kappa shape index (κ1) is 13.6. The fourth-order valence-corrected chi connectivity index (χ4v) is 2.71. The van der Waals surface area contributed by atoms with E-state index in [-0.39, 0.29) is 0 Å². The molecule has 0 fully saturated rings. The van der Waals surface area contributed by atoms with Crippen molar-refractivity contribution in [2.45, 2.75) is 0 Å². The maximum Gasteiger partial charge on any atom is 0.232 e. The highest BCUT2D eigenvalue weighted by atomic mass is 32.1. The Morgan fingerprint density at radius 2 is 2.05 bits per heavy atom. The maximum atomic E-state index is 5.97. The topological polar surface area (TPSA) is 50.3 Å². The number of anilines is 2. The lowest BCUT2D eigenvalue weighted by Gasteiger charge is -2.14. The zero-order chi connectivity index (χ0) is 14.8. The van der Waals surface area contributed by atoms with Gasteiger partial charge >= 0.3 is 0 Å². The summed E-state index contributed by atoms with van der Waals surface area (Å²) in [6, 6.07) is 9.89. The first-order chi connectivity index (χ1) is 10.2. The molecule has 3 aromatic rings. The highest BCUT2D eigenvalue weighted by molar-refractivity contribution is 7.16. The van der Waals surface area contributed by atoms with E-state index in [0.717, 1.165) is 21.7 Å². The van der Waals surface area contributed by atoms with E-state index in [1.807, 2.05) is 54.7 Å². The van der Waals surface area contributed by atoms with Gasteiger partial charge in [-0.15, -0.1) is 11.3 Å². The predicted octanol–water partition coefficient (Wildman–Crippen LogP) is 3.59. The molecule has 6 heteroatoms. The number of rotatable bonds is 4. The van der Waals surface area contributed by atoms with Crippen LogP contribution in [0.15, 0.2) is 35.7 Å². The van der Waals surface area contributed by atoms with Crippen LogP contribution in [0.1, 0.15) is 0 Å². The molecule has 0 saturated carbocycles. The van der Waals surface area contributed by atoms with Crippen LogP contribution in [0.25, 0.3) is 10.2 Å². The molecule has 1 N–H and O–H groups in total. The number of ether oxygens (including phenoxy) is 1. The highest BCUT2D eigenvalue weighted by Crippen LogP contribution is 2.32. The monoisotopic (exact) mass is 300 g/mol. The summed E-state index contributed by atoms with van der Waals surface area (Å²) in [6.45, 7) is 0. The van der Waals surface area contributed by atoms with Crippen LogP contribution in [0.4, 0.5) is 11.6 Å². The molecule has 0 radical (unpaired) electrons. The van der Waals surface area contributed by atoms with Crippen molar-refractivity contribution in [3.63, 3.8) is 0 Å². The Bertz CT molecular complexity index is 769. The van der Waals surface area contributed by atoms with Crippen molar-refractivity contribution in [1.82, 2.24) is 9.97 Å². The van der Waals surface area contributed by atoms with Crippen molar-refractivity contribution in [3.05, 3.63) is 35.7 Å². The molecule has 21 heavy (non-hydrogen) atoms. The maximum absolute atomic E-state index is 5.97. The molecule has 3 rings (SSSR count). The first-order valence-electron chi connectivity index (χ1n) is 6.55. The quantitative estimate of drug-likeness (QED) is 0.798. The van der Waals surface area contributed by atoms with Gasteiger partial charge in [0.15, 0.2) is 0 Å². The summed E-state index contributed by atoms with van der Waals surface area (Å²) in [4.78, 5) is 11.8. The lowest BCUT2D eigenvalue weighted by atomic mass is 10.3. The first-order valence-corrected chi connectivity index (χ1v) is 7.43. The van der Waals surface area contributed by atoms with Crippen molar-refractivity contribution < 1.29 is 4.74 Å². The highest BCUT2D eigenvalue weighted by Gasteiger charge is 2.11. The Hall–Kier alpha value is -2.34. The molecule has 0 aliphatic heterocycles. The van der Waals surface area contributed by atoms with E-state index >= 15 is 0 Å². The zero-order valence-electron chi connectivity index (χ0n) is 12.1. The van der Waals surface area contributed by atoms with Gasteiger partial charge in [0.2, 0.25) is 11.8 Å². The van der Waals surface area contributed by atoms with Crippen molar-refractivity contribution in [1.29, 1.82) is 0 Å². The van der Waals surface area contributed by atoms with E-state index < -0.39 is 0 Å². The van der Waals surface area contributed by atoms with Gasteiger partial charge in [-0.3, -0.25) is 0 Å². The Kier molecular flexibility index (Phi) is 3.62. The van der Waals surface area contributed by atoms with Crippen molar-refractivity contribution >= 4 is 33.2 Å². The van der Waals surface area contributed by atoms with E-state index in [1.165, 1.54) is 0 Å². The number of aromatic nitrogens is 2. The van der Waals surface area contributed by atoms with Crippen LogP contribution in [0, 0.1) is 0 Å². The van der Waals surface area contributed by atoms with Gasteiger partial charge in [-0.1, -0.05) is 6.07 Å². The average Bonchev–Trinajstić information content (AvgIpc) is 2.96. The third-order valence-corrected chi connectivity index (χ3v) is 3.87. The third-order valence-electron chi connectivity index (χ3n) is 3.06. The second-order valence-electron chi connectivity index (χ2n) is 4.74. The van der Waals surface area contributed by atoms with Crippen molar-refractivity contribution in [2.24, 2.45) is 0 Å². The van der Waals surface area contributed by atoms with E-state index in [4.69, 9.17) is 4.74 Å². The van der Waals surface area contributed by atoms with Crippen molar-refractivity contribution in [3.8, 4) is 11.6 Å².